The third-order valence-corrected chi connectivity index (χ3v) is 3.52. The number of hydrogen-bond donors (Lipinski definition) is 2. The molecular weight excluding hydrogens is 318 g/mol. The van der Waals surface area contributed by atoms with Crippen LogP contribution in [0.3, 0.4) is 0 Å². The smallest absolute Gasteiger partial charge is 0.251 e. The number of nitriles is 1. The van der Waals surface area contributed by atoms with Crippen molar-refractivity contribution in [1.82, 2.24) is 5.32 Å². The highest BCUT2D eigenvalue weighted by atomic mass is 16.5. The lowest BCUT2D eigenvalue weighted by Crippen LogP contribution is -2.25. The van der Waals surface area contributed by atoms with Crippen LogP contribution in [0, 0.1) is 11.3 Å². The van der Waals surface area contributed by atoms with Crippen LogP contribution in [0.25, 0.3) is 0 Å². The van der Waals surface area contributed by atoms with Gasteiger partial charge in [0, 0.05) is 24.2 Å². The minimum Gasteiger partial charge on any atom is -0.497 e. The standard InChI is InChI=1S/C19H19N3O3/c1-25-17-10-6-15(7-11-17)19(24)21-12-2-3-18(23)22-16-8-4-14(13-20)5-9-16/h4-11H,2-3,12H2,1H3,(H,21,24)(H,22,23). The van der Waals surface area contributed by atoms with E-state index in [9.17, 15) is 9.59 Å². The van der Waals surface area contributed by atoms with E-state index < -0.39 is 0 Å². The molecule has 0 aliphatic rings. The van der Waals surface area contributed by atoms with Gasteiger partial charge >= 0.3 is 0 Å². The Labute approximate surface area is 146 Å². The highest BCUT2D eigenvalue weighted by molar-refractivity contribution is 5.94. The minimum atomic E-state index is -0.185. The third-order valence-electron chi connectivity index (χ3n) is 3.52. The van der Waals surface area contributed by atoms with Gasteiger partial charge in [0.05, 0.1) is 18.7 Å². The van der Waals surface area contributed by atoms with Gasteiger partial charge in [0.25, 0.3) is 5.91 Å². The van der Waals surface area contributed by atoms with E-state index in [4.69, 9.17) is 10.00 Å². The number of amides is 2. The van der Waals surface area contributed by atoms with Crippen LogP contribution in [0.15, 0.2) is 48.5 Å². The first kappa shape index (κ1) is 18.0. The molecule has 6 nitrogen and oxygen atoms in total. The molecule has 25 heavy (non-hydrogen) atoms. The molecule has 0 heterocycles. The summed E-state index contributed by atoms with van der Waals surface area (Å²) in [4.78, 5) is 23.8. The fourth-order valence-corrected chi connectivity index (χ4v) is 2.15. The molecule has 0 aliphatic heterocycles. The molecule has 2 aromatic carbocycles. The molecule has 2 aromatic rings. The Morgan fingerprint density at radius 3 is 2.36 bits per heavy atom. The van der Waals surface area contributed by atoms with Crippen LogP contribution in [0.4, 0.5) is 5.69 Å². The van der Waals surface area contributed by atoms with Gasteiger partial charge in [-0.05, 0) is 55.0 Å². The summed E-state index contributed by atoms with van der Waals surface area (Å²) in [6.07, 6.45) is 0.826. The number of nitrogens with one attached hydrogen (secondary N) is 2. The molecule has 2 rings (SSSR count). The van der Waals surface area contributed by atoms with Crippen molar-refractivity contribution in [2.24, 2.45) is 0 Å². The monoisotopic (exact) mass is 337 g/mol. The van der Waals surface area contributed by atoms with E-state index >= 15 is 0 Å². The van der Waals surface area contributed by atoms with E-state index in [0.717, 1.165) is 0 Å². The number of hydrogen-bond acceptors (Lipinski definition) is 4. The average molecular weight is 337 g/mol. The first-order chi connectivity index (χ1) is 12.1. The molecular formula is C19H19N3O3. The predicted molar refractivity (Wildman–Crippen MR) is 94.3 cm³/mol. The van der Waals surface area contributed by atoms with E-state index in [1.165, 1.54) is 0 Å². The fourth-order valence-electron chi connectivity index (χ4n) is 2.15. The molecule has 0 unspecified atom stereocenters. The number of methoxy groups -OCH3 is 1. The van der Waals surface area contributed by atoms with Gasteiger partial charge in [-0.2, -0.15) is 5.26 Å². The minimum absolute atomic E-state index is 0.136. The molecule has 0 aromatic heterocycles. The maximum absolute atomic E-state index is 12.0. The van der Waals surface area contributed by atoms with Crippen molar-refractivity contribution in [3.8, 4) is 11.8 Å². The molecule has 0 atom stereocenters. The number of ether oxygens (including phenoxy) is 1. The number of carbonyl (C=O) groups is 2. The predicted octanol–water partition coefficient (Wildman–Crippen LogP) is 2.72. The maximum atomic E-state index is 12.0. The van der Waals surface area contributed by atoms with Crippen LogP contribution in [0.2, 0.25) is 0 Å². The van der Waals surface area contributed by atoms with Crippen molar-refractivity contribution in [3.63, 3.8) is 0 Å². The third kappa shape index (κ3) is 5.66. The van der Waals surface area contributed by atoms with E-state index in [0.29, 0.717) is 42.0 Å². The second kappa shape index (κ2) is 9.08. The summed E-state index contributed by atoms with van der Waals surface area (Å²) in [6.45, 7) is 0.408. The summed E-state index contributed by atoms with van der Waals surface area (Å²) in [5, 5.41) is 14.3. The Morgan fingerprint density at radius 2 is 1.76 bits per heavy atom. The van der Waals surface area contributed by atoms with Crippen molar-refractivity contribution in [2.45, 2.75) is 12.8 Å². The Morgan fingerprint density at radius 1 is 1.08 bits per heavy atom. The molecule has 0 saturated carbocycles. The quantitative estimate of drug-likeness (QED) is 0.760. The number of nitrogens with zero attached hydrogens (tertiary/aromatic N) is 1. The van der Waals surface area contributed by atoms with Gasteiger partial charge < -0.3 is 15.4 Å². The van der Waals surface area contributed by atoms with Crippen LogP contribution in [-0.4, -0.2) is 25.5 Å². The van der Waals surface area contributed by atoms with Gasteiger partial charge in [0.1, 0.15) is 5.75 Å². The Balaban J connectivity index is 1.69. The van der Waals surface area contributed by atoms with Gasteiger partial charge in [-0.3, -0.25) is 9.59 Å². The number of carbonyl (C=O) groups excluding carboxylic acids is 2. The van der Waals surface area contributed by atoms with E-state index in [1.807, 2.05) is 6.07 Å². The van der Waals surface area contributed by atoms with E-state index in [2.05, 4.69) is 10.6 Å². The second-order valence-corrected chi connectivity index (χ2v) is 5.33. The van der Waals surface area contributed by atoms with Crippen LogP contribution in [0.5, 0.6) is 5.75 Å². The Bertz CT molecular complexity index is 762. The average Bonchev–Trinajstić information content (AvgIpc) is 2.65. The summed E-state index contributed by atoms with van der Waals surface area (Å²) in [7, 11) is 1.57. The van der Waals surface area contributed by atoms with Crippen molar-refractivity contribution in [2.75, 3.05) is 19.0 Å². The van der Waals surface area contributed by atoms with Gasteiger partial charge in [-0.25, -0.2) is 0 Å². The molecule has 0 spiro atoms. The second-order valence-electron chi connectivity index (χ2n) is 5.33. The lowest BCUT2D eigenvalue weighted by atomic mass is 10.2. The van der Waals surface area contributed by atoms with E-state index in [-0.39, 0.29) is 11.8 Å². The largest absolute Gasteiger partial charge is 0.497 e. The SMILES string of the molecule is COc1ccc(C(=O)NCCCC(=O)Nc2ccc(C#N)cc2)cc1. The first-order valence-electron chi connectivity index (χ1n) is 7.84. The topological polar surface area (TPSA) is 91.2 Å². The molecule has 2 amide bonds. The van der Waals surface area contributed by atoms with Crippen molar-refractivity contribution in [1.29, 1.82) is 5.26 Å². The fraction of sp³-hybridized carbons (Fsp3) is 0.211. The molecule has 0 fully saturated rings. The number of anilines is 1. The molecule has 0 aliphatic carbocycles. The summed E-state index contributed by atoms with van der Waals surface area (Å²) in [6, 6.07) is 15.5. The van der Waals surface area contributed by atoms with Crippen molar-refractivity contribution >= 4 is 17.5 Å². The summed E-state index contributed by atoms with van der Waals surface area (Å²) in [5.41, 5.74) is 1.73. The van der Waals surface area contributed by atoms with Gasteiger partial charge in [0.2, 0.25) is 5.91 Å². The Hall–Kier alpha value is -3.33. The number of benzene rings is 2. The normalized spacial score (nSPS) is 9.76. The zero-order chi connectivity index (χ0) is 18.1. The zero-order valence-electron chi connectivity index (χ0n) is 13.9. The van der Waals surface area contributed by atoms with Crippen LogP contribution < -0.4 is 15.4 Å². The zero-order valence-corrected chi connectivity index (χ0v) is 13.9. The van der Waals surface area contributed by atoms with E-state index in [1.54, 1.807) is 55.6 Å². The molecule has 0 saturated heterocycles. The summed E-state index contributed by atoms with van der Waals surface area (Å²) in [5.74, 6) is 0.370. The molecule has 128 valence electrons. The molecule has 2 N–H and O–H groups in total. The summed E-state index contributed by atoms with van der Waals surface area (Å²) >= 11 is 0. The van der Waals surface area contributed by atoms with Crippen molar-refractivity contribution in [3.05, 3.63) is 59.7 Å². The van der Waals surface area contributed by atoms with Crippen LogP contribution >= 0.6 is 0 Å². The van der Waals surface area contributed by atoms with Gasteiger partial charge in [-0.15, -0.1) is 0 Å². The molecule has 0 bridgehead atoms. The summed E-state index contributed by atoms with van der Waals surface area (Å²) < 4.78 is 5.04. The first-order valence-corrected chi connectivity index (χ1v) is 7.84. The van der Waals surface area contributed by atoms with Crippen molar-refractivity contribution < 1.29 is 14.3 Å². The van der Waals surface area contributed by atoms with Crippen LogP contribution in [-0.2, 0) is 4.79 Å². The number of rotatable bonds is 7. The molecule has 6 heteroatoms. The molecule has 0 radical (unpaired) electrons. The Kier molecular flexibility index (Phi) is 6.55. The lowest BCUT2D eigenvalue weighted by Gasteiger charge is -2.07. The van der Waals surface area contributed by atoms with Gasteiger partial charge in [-0.1, -0.05) is 0 Å². The highest BCUT2D eigenvalue weighted by Crippen LogP contribution is 2.11. The van der Waals surface area contributed by atoms with Gasteiger partial charge in [0.15, 0.2) is 0 Å². The lowest BCUT2D eigenvalue weighted by molar-refractivity contribution is -0.116. The highest BCUT2D eigenvalue weighted by Gasteiger charge is 2.06. The van der Waals surface area contributed by atoms with Crippen LogP contribution in [0.1, 0.15) is 28.8 Å². The maximum Gasteiger partial charge on any atom is 0.251 e.